The number of hydrogen-bond donors (Lipinski definition) is 1. The molecule has 0 radical (unpaired) electrons. The molecule has 0 saturated heterocycles. The van der Waals surface area contributed by atoms with Gasteiger partial charge in [-0.1, -0.05) is 12.1 Å². The molecule has 0 aliphatic rings. The summed E-state index contributed by atoms with van der Waals surface area (Å²) in [7, 11) is 3.26. The minimum atomic E-state index is 0.576. The lowest BCUT2D eigenvalue weighted by atomic mass is 10.2. The molecule has 0 saturated carbocycles. The molecule has 0 spiro atoms. The highest BCUT2D eigenvalue weighted by Gasteiger charge is 1.95. The van der Waals surface area contributed by atoms with Crippen LogP contribution in [0.3, 0.4) is 0 Å². The topological polar surface area (TPSA) is 39.7 Å². The Hall–Kier alpha value is -1.10. The number of hydroxylamine groups is 1. The van der Waals surface area contributed by atoms with E-state index in [2.05, 4.69) is 5.48 Å². The third-order valence-electron chi connectivity index (χ3n) is 1.90. The van der Waals surface area contributed by atoms with Crippen LogP contribution >= 0.6 is 0 Å². The van der Waals surface area contributed by atoms with Crippen LogP contribution in [0, 0.1) is 0 Å². The molecular weight excluding hydrogens is 194 g/mol. The van der Waals surface area contributed by atoms with Crippen LogP contribution in [0.4, 0.5) is 0 Å². The number of nitrogens with one attached hydrogen (secondary N) is 1. The highest BCUT2D eigenvalue weighted by Crippen LogP contribution is 2.11. The smallest absolute Gasteiger partial charge is 0.119 e. The molecule has 0 heterocycles. The van der Waals surface area contributed by atoms with Gasteiger partial charge < -0.3 is 14.3 Å². The van der Waals surface area contributed by atoms with Gasteiger partial charge in [0.05, 0.1) is 13.7 Å². The van der Waals surface area contributed by atoms with E-state index < -0.39 is 0 Å². The molecule has 1 rings (SSSR count). The zero-order valence-electron chi connectivity index (χ0n) is 9.16. The lowest BCUT2D eigenvalue weighted by Crippen LogP contribution is -2.10. The first-order valence-electron chi connectivity index (χ1n) is 4.83. The number of ether oxygens (including phenoxy) is 2. The molecule has 0 aromatic heterocycles. The normalized spacial score (nSPS) is 10.3. The molecule has 0 aliphatic carbocycles. The average Bonchev–Trinajstić information content (AvgIpc) is 2.28. The molecule has 4 heteroatoms. The van der Waals surface area contributed by atoms with Gasteiger partial charge in [-0.25, -0.2) is 0 Å². The molecule has 84 valence electrons. The van der Waals surface area contributed by atoms with Gasteiger partial charge >= 0.3 is 0 Å². The van der Waals surface area contributed by atoms with Crippen LogP contribution in [-0.2, 0) is 16.1 Å². The Morgan fingerprint density at radius 3 is 2.40 bits per heavy atom. The summed E-state index contributed by atoms with van der Waals surface area (Å²) in [5, 5.41) is 0. The van der Waals surface area contributed by atoms with Crippen molar-refractivity contribution >= 4 is 0 Å². The van der Waals surface area contributed by atoms with Crippen LogP contribution in [0.1, 0.15) is 5.56 Å². The first-order valence-corrected chi connectivity index (χ1v) is 4.83. The number of rotatable bonds is 7. The Labute approximate surface area is 90.1 Å². The molecule has 1 aromatic rings. The summed E-state index contributed by atoms with van der Waals surface area (Å²) >= 11 is 0. The molecule has 0 atom stereocenters. The lowest BCUT2D eigenvalue weighted by molar-refractivity contribution is 0.0867. The second-order valence-corrected chi connectivity index (χ2v) is 3.01. The molecule has 0 aliphatic heterocycles. The fourth-order valence-electron chi connectivity index (χ4n) is 1.10. The van der Waals surface area contributed by atoms with Crippen LogP contribution in [0.2, 0.25) is 0 Å². The fourth-order valence-corrected chi connectivity index (χ4v) is 1.10. The minimum absolute atomic E-state index is 0.576. The van der Waals surface area contributed by atoms with E-state index in [4.69, 9.17) is 14.3 Å². The van der Waals surface area contributed by atoms with Gasteiger partial charge in [0.2, 0.25) is 0 Å². The van der Waals surface area contributed by atoms with E-state index in [0.717, 1.165) is 11.3 Å². The second-order valence-electron chi connectivity index (χ2n) is 3.01. The monoisotopic (exact) mass is 211 g/mol. The van der Waals surface area contributed by atoms with Crippen LogP contribution in [-0.4, -0.2) is 27.4 Å². The molecule has 1 N–H and O–H groups in total. The SMILES string of the molecule is COCCOc1ccc(CNOC)cc1. The van der Waals surface area contributed by atoms with Crippen LogP contribution in [0.5, 0.6) is 5.75 Å². The molecule has 1 aromatic carbocycles. The third-order valence-corrected chi connectivity index (χ3v) is 1.90. The van der Waals surface area contributed by atoms with Crippen LogP contribution < -0.4 is 10.2 Å². The van der Waals surface area contributed by atoms with Gasteiger partial charge in [0.25, 0.3) is 0 Å². The molecule has 4 nitrogen and oxygen atoms in total. The first-order chi connectivity index (χ1) is 7.36. The Bertz CT molecular complexity index is 261. The van der Waals surface area contributed by atoms with Crippen molar-refractivity contribution in [2.75, 3.05) is 27.4 Å². The van der Waals surface area contributed by atoms with E-state index in [-0.39, 0.29) is 0 Å². The summed E-state index contributed by atoms with van der Waals surface area (Å²) in [5.74, 6) is 0.855. The van der Waals surface area contributed by atoms with E-state index in [1.54, 1.807) is 14.2 Å². The van der Waals surface area contributed by atoms with Crippen molar-refractivity contribution in [1.82, 2.24) is 5.48 Å². The highest BCUT2D eigenvalue weighted by molar-refractivity contribution is 5.27. The Morgan fingerprint density at radius 1 is 1.07 bits per heavy atom. The predicted octanol–water partition coefficient (Wildman–Crippen LogP) is 1.36. The average molecular weight is 211 g/mol. The van der Waals surface area contributed by atoms with Crippen molar-refractivity contribution in [1.29, 1.82) is 0 Å². The highest BCUT2D eigenvalue weighted by atomic mass is 16.6. The number of benzene rings is 1. The fraction of sp³-hybridized carbons (Fsp3) is 0.455. The van der Waals surface area contributed by atoms with E-state index in [0.29, 0.717) is 19.8 Å². The van der Waals surface area contributed by atoms with E-state index >= 15 is 0 Å². The zero-order chi connectivity index (χ0) is 10.9. The van der Waals surface area contributed by atoms with Gasteiger partial charge in [-0.3, -0.25) is 0 Å². The van der Waals surface area contributed by atoms with Crippen LogP contribution in [0.15, 0.2) is 24.3 Å². The van der Waals surface area contributed by atoms with Crippen LogP contribution in [0.25, 0.3) is 0 Å². The second kappa shape index (κ2) is 7.23. The van der Waals surface area contributed by atoms with Crippen molar-refractivity contribution in [3.8, 4) is 5.75 Å². The molecule has 0 unspecified atom stereocenters. The molecule has 0 fully saturated rings. The van der Waals surface area contributed by atoms with Crippen molar-refractivity contribution in [2.24, 2.45) is 0 Å². The van der Waals surface area contributed by atoms with Gasteiger partial charge in [-0.2, -0.15) is 5.48 Å². The van der Waals surface area contributed by atoms with E-state index in [1.807, 2.05) is 24.3 Å². The summed E-state index contributed by atoms with van der Waals surface area (Å²) in [6, 6.07) is 7.85. The van der Waals surface area contributed by atoms with Gasteiger partial charge in [-0.15, -0.1) is 0 Å². The van der Waals surface area contributed by atoms with Crippen molar-refractivity contribution in [2.45, 2.75) is 6.54 Å². The number of methoxy groups -OCH3 is 1. The lowest BCUT2D eigenvalue weighted by Gasteiger charge is -2.06. The molecule has 15 heavy (non-hydrogen) atoms. The largest absolute Gasteiger partial charge is 0.491 e. The summed E-state index contributed by atoms with van der Waals surface area (Å²) in [6.45, 7) is 1.87. The summed E-state index contributed by atoms with van der Waals surface area (Å²) in [5.41, 5.74) is 3.92. The Kier molecular flexibility index (Phi) is 5.77. The van der Waals surface area contributed by atoms with Crippen molar-refractivity contribution in [3.63, 3.8) is 0 Å². The number of hydrogen-bond acceptors (Lipinski definition) is 4. The molecule has 0 amide bonds. The van der Waals surface area contributed by atoms with Gasteiger partial charge in [0.15, 0.2) is 0 Å². The van der Waals surface area contributed by atoms with Crippen molar-refractivity contribution in [3.05, 3.63) is 29.8 Å². The summed E-state index contributed by atoms with van der Waals surface area (Å²) in [6.07, 6.45) is 0. The van der Waals surface area contributed by atoms with Gasteiger partial charge in [0.1, 0.15) is 12.4 Å². The minimum Gasteiger partial charge on any atom is -0.491 e. The quantitative estimate of drug-likeness (QED) is 0.546. The summed E-state index contributed by atoms with van der Waals surface area (Å²) < 4.78 is 10.3. The third kappa shape index (κ3) is 4.78. The Morgan fingerprint density at radius 2 is 1.80 bits per heavy atom. The Balaban J connectivity index is 2.35. The molecular formula is C11H17NO3. The maximum absolute atomic E-state index is 5.43. The predicted molar refractivity (Wildman–Crippen MR) is 57.7 cm³/mol. The van der Waals surface area contributed by atoms with Gasteiger partial charge in [0, 0.05) is 13.7 Å². The first kappa shape index (κ1) is 12.0. The molecule has 0 bridgehead atoms. The van der Waals surface area contributed by atoms with Gasteiger partial charge in [-0.05, 0) is 17.7 Å². The maximum Gasteiger partial charge on any atom is 0.119 e. The zero-order valence-corrected chi connectivity index (χ0v) is 9.16. The van der Waals surface area contributed by atoms with E-state index in [1.165, 1.54) is 0 Å². The van der Waals surface area contributed by atoms with Crippen molar-refractivity contribution < 1.29 is 14.3 Å². The van der Waals surface area contributed by atoms with E-state index in [9.17, 15) is 0 Å². The maximum atomic E-state index is 5.43. The standard InChI is InChI=1S/C11H17NO3/c1-13-7-8-15-11-5-3-10(4-6-11)9-12-14-2/h3-6,12H,7-9H2,1-2H3. The summed E-state index contributed by atoms with van der Waals surface area (Å²) in [4.78, 5) is 4.76.